The summed E-state index contributed by atoms with van der Waals surface area (Å²) < 4.78 is 5.04. The Morgan fingerprint density at radius 3 is 2.38 bits per heavy atom. The molecule has 0 aromatic heterocycles. The number of hydrogen-bond acceptors (Lipinski definition) is 4. The summed E-state index contributed by atoms with van der Waals surface area (Å²) >= 11 is 0. The maximum absolute atomic E-state index is 12.3. The smallest absolute Gasteiger partial charge is 0.338 e. The van der Waals surface area contributed by atoms with Crippen molar-refractivity contribution in [2.75, 3.05) is 13.2 Å². The topological polar surface area (TPSA) is 84.5 Å². The number of nitrogens with one attached hydrogen (secondary N) is 2. The third-order valence-corrected chi connectivity index (χ3v) is 3.60. The van der Waals surface area contributed by atoms with Crippen LogP contribution in [0.25, 0.3) is 0 Å². The van der Waals surface area contributed by atoms with Crippen molar-refractivity contribution < 1.29 is 19.1 Å². The zero-order valence-corrected chi connectivity index (χ0v) is 14.7. The van der Waals surface area contributed by atoms with Gasteiger partial charge in [0.05, 0.1) is 5.56 Å². The van der Waals surface area contributed by atoms with E-state index in [1.165, 1.54) is 0 Å². The molecule has 2 aromatic rings. The van der Waals surface area contributed by atoms with E-state index in [1.54, 1.807) is 12.1 Å². The maximum atomic E-state index is 12.3. The minimum atomic E-state index is -0.674. The van der Waals surface area contributed by atoms with E-state index < -0.39 is 24.5 Å². The van der Waals surface area contributed by atoms with Crippen LogP contribution in [-0.4, -0.2) is 31.1 Å². The van der Waals surface area contributed by atoms with E-state index in [4.69, 9.17) is 4.74 Å². The highest BCUT2D eigenvalue weighted by Crippen LogP contribution is 2.15. The fourth-order valence-electron chi connectivity index (χ4n) is 2.34. The first kappa shape index (κ1) is 19.2. The van der Waals surface area contributed by atoms with Crippen LogP contribution >= 0.6 is 0 Å². The monoisotopic (exact) mass is 354 g/mol. The lowest BCUT2D eigenvalue weighted by atomic mass is 10.00. The summed E-state index contributed by atoms with van der Waals surface area (Å²) in [6.45, 7) is 1.85. The summed E-state index contributed by atoms with van der Waals surface area (Å²) in [7, 11) is 0. The molecule has 2 rings (SSSR count). The molecule has 0 atom stereocenters. The van der Waals surface area contributed by atoms with Crippen LogP contribution in [0.15, 0.2) is 54.6 Å². The lowest BCUT2D eigenvalue weighted by Crippen LogP contribution is -2.41. The van der Waals surface area contributed by atoms with Gasteiger partial charge in [-0.05, 0) is 30.0 Å². The first-order valence-electron chi connectivity index (χ1n) is 8.46. The number of benzene rings is 2. The molecule has 136 valence electrons. The Morgan fingerprint density at radius 1 is 0.962 bits per heavy atom. The van der Waals surface area contributed by atoms with Gasteiger partial charge in [-0.15, -0.1) is 0 Å². The van der Waals surface area contributed by atoms with E-state index in [9.17, 15) is 14.4 Å². The highest BCUT2D eigenvalue weighted by Gasteiger charge is 2.15. The van der Waals surface area contributed by atoms with Crippen molar-refractivity contribution >= 4 is 17.9 Å². The van der Waals surface area contributed by atoms with Gasteiger partial charge in [-0.2, -0.15) is 0 Å². The van der Waals surface area contributed by atoms with E-state index in [0.717, 1.165) is 17.5 Å². The Labute approximate surface area is 152 Å². The van der Waals surface area contributed by atoms with Gasteiger partial charge in [0.25, 0.3) is 5.91 Å². The van der Waals surface area contributed by atoms with Gasteiger partial charge in [0, 0.05) is 6.54 Å². The summed E-state index contributed by atoms with van der Waals surface area (Å²) in [5, 5.41) is 4.62. The number of esters is 1. The third-order valence-electron chi connectivity index (χ3n) is 3.60. The zero-order chi connectivity index (χ0) is 18.8. The number of ether oxygens (including phenoxy) is 1. The fraction of sp³-hybridized carbons (Fsp3) is 0.250. The quantitative estimate of drug-likeness (QED) is 0.749. The van der Waals surface area contributed by atoms with Crippen LogP contribution < -0.4 is 10.6 Å². The van der Waals surface area contributed by atoms with Gasteiger partial charge in [-0.3, -0.25) is 10.1 Å². The molecule has 26 heavy (non-hydrogen) atoms. The minimum Gasteiger partial charge on any atom is -0.452 e. The Hall–Kier alpha value is -3.15. The van der Waals surface area contributed by atoms with Crippen LogP contribution in [0.2, 0.25) is 0 Å². The molecule has 0 spiro atoms. The molecule has 0 unspecified atom stereocenters. The van der Waals surface area contributed by atoms with Crippen molar-refractivity contribution in [3.8, 4) is 0 Å². The summed E-state index contributed by atoms with van der Waals surface area (Å²) in [6.07, 6.45) is 1.34. The predicted molar refractivity (Wildman–Crippen MR) is 97.8 cm³/mol. The van der Waals surface area contributed by atoms with Crippen molar-refractivity contribution in [1.82, 2.24) is 10.6 Å². The minimum absolute atomic E-state index is 0.402. The lowest BCUT2D eigenvalue weighted by Gasteiger charge is -2.10. The largest absolute Gasteiger partial charge is 0.452 e. The summed E-state index contributed by atoms with van der Waals surface area (Å²) in [5.74, 6) is -1.27. The molecule has 0 heterocycles. The second kappa shape index (κ2) is 9.98. The molecular formula is C20H22N2O4. The molecule has 3 amide bonds. The third kappa shape index (κ3) is 6.05. The molecule has 6 nitrogen and oxygen atoms in total. The summed E-state index contributed by atoms with van der Waals surface area (Å²) in [4.78, 5) is 35.4. The second-order valence-electron chi connectivity index (χ2n) is 5.70. The first-order valence-corrected chi connectivity index (χ1v) is 8.46. The van der Waals surface area contributed by atoms with Crippen LogP contribution in [0.5, 0.6) is 0 Å². The molecule has 0 radical (unpaired) electrons. The molecule has 0 aliphatic rings. The molecule has 2 aromatic carbocycles. The molecule has 0 aliphatic carbocycles. The molecule has 6 heteroatoms. The predicted octanol–water partition coefficient (Wildman–Crippen LogP) is 2.67. The number of amides is 3. The van der Waals surface area contributed by atoms with E-state index >= 15 is 0 Å². The lowest BCUT2D eigenvalue weighted by molar-refractivity contribution is -0.123. The van der Waals surface area contributed by atoms with Crippen molar-refractivity contribution in [2.45, 2.75) is 19.8 Å². The zero-order valence-electron chi connectivity index (χ0n) is 14.7. The van der Waals surface area contributed by atoms with E-state index in [0.29, 0.717) is 18.5 Å². The van der Waals surface area contributed by atoms with Crippen LogP contribution in [0.4, 0.5) is 4.79 Å². The summed E-state index contributed by atoms with van der Waals surface area (Å²) in [5.41, 5.74) is 2.28. The molecule has 2 N–H and O–H groups in total. The number of imide groups is 1. The van der Waals surface area contributed by atoms with Crippen molar-refractivity contribution in [3.63, 3.8) is 0 Å². The highest BCUT2D eigenvalue weighted by molar-refractivity contribution is 5.97. The Balaban J connectivity index is 1.93. The average Bonchev–Trinajstić information content (AvgIpc) is 2.65. The highest BCUT2D eigenvalue weighted by atomic mass is 16.5. The second-order valence-corrected chi connectivity index (χ2v) is 5.70. The van der Waals surface area contributed by atoms with E-state index in [1.807, 2.05) is 49.4 Å². The number of carbonyl (C=O) groups is 3. The number of rotatable bonds is 7. The number of urea groups is 1. The maximum Gasteiger partial charge on any atom is 0.338 e. The van der Waals surface area contributed by atoms with Gasteiger partial charge in [-0.1, -0.05) is 55.5 Å². The molecule has 0 saturated carbocycles. The van der Waals surface area contributed by atoms with Gasteiger partial charge in [0.2, 0.25) is 0 Å². The van der Waals surface area contributed by atoms with Gasteiger partial charge in [0.1, 0.15) is 0 Å². The van der Waals surface area contributed by atoms with Gasteiger partial charge in [0.15, 0.2) is 6.61 Å². The van der Waals surface area contributed by atoms with Crippen LogP contribution in [-0.2, 0) is 16.0 Å². The standard InChI is InChI=1S/C20H22N2O4/c1-2-12-21-20(25)22-18(23)14-26-19(24)17-11-7-6-10-16(17)13-15-8-4-3-5-9-15/h3-11H,2,12-14H2,1H3,(H2,21,22,23,25). The normalized spacial score (nSPS) is 10.0. The number of carbonyl (C=O) groups excluding carboxylic acids is 3. The number of hydrogen-bond donors (Lipinski definition) is 2. The summed E-state index contributed by atoms with van der Waals surface area (Å²) in [6, 6.07) is 16.2. The van der Waals surface area contributed by atoms with Crippen molar-refractivity contribution in [2.24, 2.45) is 0 Å². The van der Waals surface area contributed by atoms with Gasteiger partial charge < -0.3 is 10.1 Å². The Kier molecular flexibility index (Phi) is 7.36. The Morgan fingerprint density at radius 2 is 1.65 bits per heavy atom. The average molecular weight is 354 g/mol. The fourth-order valence-corrected chi connectivity index (χ4v) is 2.34. The van der Waals surface area contributed by atoms with E-state index in [2.05, 4.69) is 10.6 Å². The van der Waals surface area contributed by atoms with E-state index in [-0.39, 0.29) is 0 Å². The molecule has 0 bridgehead atoms. The van der Waals surface area contributed by atoms with Crippen LogP contribution in [0.1, 0.15) is 34.8 Å². The van der Waals surface area contributed by atoms with Crippen molar-refractivity contribution in [1.29, 1.82) is 0 Å². The SMILES string of the molecule is CCCNC(=O)NC(=O)COC(=O)c1ccccc1Cc1ccccc1. The van der Waals surface area contributed by atoms with Gasteiger partial charge >= 0.3 is 12.0 Å². The molecule has 0 fully saturated rings. The van der Waals surface area contributed by atoms with Gasteiger partial charge in [-0.25, -0.2) is 9.59 Å². The van der Waals surface area contributed by atoms with Crippen LogP contribution in [0, 0.1) is 0 Å². The molecule has 0 saturated heterocycles. The molecular weight excluding hydrogens is 332 g/mol. The molecule has 0 aliphatic heterocycles. The first-order chi connectivity index (χ1) is 12.6. The van der Waals surface area contributed by atoms with Crippen molar-refractivity contribution in [3.05, 3.63) is 71.3 Å². The Bertz CT molecular complexity index is 759. The van der Waals surface area contributed by atoms with Crippen LogP contribution in [0.3, 0.4) is 0 Å².